The Kier molecular flexibility index (Phi) is 11.7. The van der Waals surface area contributed by atoms with Crippen molar-refractivity contribution in [3.63, 3.8) is 0 Å². The Morgan fingerprint density at radius 2 is 1.53 bits per heavy atom. The average molecular weight is 757 g/mol. The van der Waals surface area contributed by atoms with Crippen LogP contribution in [0.4, 0.5) is 0 Å². The molecule has 2 aliphatic heterocycles. The lowest BCUT2D eigenvalue weighted by molar-refractivity contribution is -0.377. The maximum Gasteiger partial charge on any atom is 0.187 e. The van der Waals surface area contributed by atoms with Gasteiger partial charge in [0.1, 0.15) is 42.7 Å². The number of aliphatic hydroxyl groups is 9. The van der Waals surface area contributed by atoms with Crippen LogP contribution in [0.3, 0.4) is 0 Å². The highest BCUT2D eigenvalue weighted by atomic mass is 16.8. The monoisotopic (exact) mass is 756 g/mol. The van der Waals surface area contributed by atoms with Crippen LogP contribution in [0.2, 0.25) is 0 Å². The van der Waals surface area contributed by atoms with E-state index in [9.17, 15) is 46.0 Å². The van der Waals surface area contributed by atoms with Crippen molar-refractivity contribution < 1.29 is 64.9 Å². The largest absolute Gasteiger partial charge is 0.394 e. The van der Waals surface area contributed by atoms with Gasteiger partial charge in [0, 0.05) is 0 Å². The van der Waals surface area contributed by atoms with Crippen molar-refractivity contribution in [2.75, 3.05) is 13.2 Å². The van der Waals surface area contributed by atoms with Gasteiger partial charge in [0.15, 0.2) is 12.6 Å². The second-order valence-electron chi connectivity index (χ2n) is 19.1. The van der Waals surface area contributed by atoms with Gasteiger partial charge in [-0.1, -0.05) is 46.8 Å². The Balaban J connectivity index is 1.39. The fourth-order valence-electron chi connectivity index (χ4n) is 13.0. The molecule has 13 nitrogen and oxygen atoms in total. The maximum atomic E-state index is 12.2. The number of ether oxygens (including phenoxy) is 4. The van der Waals surface area contributed by atoms with Gasteiger partial charge < -0.3 is 64.9 Å². The molecule has 6 fully saturated rings. The zero-order valence-corrected chi connectivity index (χ0v) is 32.6. The highest BCUT2D eigenvalue weighted by Gasteiger charge is 2.73. The molecule has 0 radical (unpaired) electrons. The number of fused-ring (bicyclic) bond motifs is 5. The first-order valence-electron chi connectivity index (χ1n) is 20.0. The summed E-state index contributed by atoms with van der Waals surface area (Å²) in [6.07, 6.45) is -5.98. The van der Waals surface area contributed by atoms with E-state index < -0.39 is 107 Å². The standard InChI is InChI=1S/C40H68O13/c1-8-9-10-13-40(7,49)20-11-15-38(5)27(20)21(42)16-25-37(4)14-12-26(44)36(2,3)33(37)23(17-39(25,38)6)51-35-32(30(47)29(46)24(18-41)52-35)53-34-31(48)28(45)22(43)19-50-34/h8-9,20-35,41-49H,10-19H2,1-7H3/b9-8+/t20-,21+,22+,23-,24+,25+,26-,27-,28-,29+,30-,31+,32+,33-,34-,35+,37+,38+,39+,40-/m0/s1. The highest BCUT2D eigenvalue weighted by Crippen LogP contribution is 2.76. The summed E-state index contributed by atoms with van der Waals surface area (Å²) in [5.41, 5.74) is -2.87. The molecule has 0 bridgehead atoms. The molecular weight excluding hydrogens is 688 g/mol. The van der Waals surface area contributed by atoms with E-state index in [-0.39, 0.29) is 30.3 Å². The molecule has 0 spiro atoms. The minimum atomic E-state index is -1.68. The van der Waals surface area contributed by atoms with Crippen molar-refractivity contribution >= 4 is 0 Å². The van der Waals surface area contributed by atoms with Crippen LogP contribution in [0.25, 0.3) is 0 Å². The van der Waals surface area contributed by atoms with Gasteiger partial charge in [0.25, 0.3) is 0 Å². The molecule has 13 heteroatoms. The van der Waals surface area contributed by atoms with Crippen LogP contribution < -0.4 is 0 Å². The van der Waals surface area contributed by atoms with Crippen molar-refractivity contribution in [2.24, 2.45) is 45.3 Å². The van der Waals surface area contributed by atoms with Crippen molar-refractivity contribution in [1.82, 2.24) is 0 Å². The van der Waals surface area contributed by atoms with E-state index in [1.54, 1.807) is 0 Å². The molecule has 6 rings (SSSR count). The van der Waals surface area contributed by atoms with Gasteiger partial charge in [0.2, 0.25) is 0 Å². The van der Waals surface area contributed by atoms with E-state index in [0.29, 0.717) is 32.1 Å². The van der Waals surface area contributed by atoms with Crippen LogP contribution in [-0.2, 0) is 18.9 Å². The predicted molar refractivity (Wildman–Crippen MR) is 192 cm³/mol. The Morgan fingerprint density at radius 1 is 0.830 bits per heavy atom. The third-order valence-corrected chi connectivity index (χ3v) is 16.0. The zero-order chi connectivity index (χ0) is 39.1. The molecule has 0 aromatic heterocycles. The molecule has 2 saturated heterocycles. The van der Waals surface area contributed by atoms with Crippen LogP contribution >= 0.6 is 0 Å². The molecule has 0 amide bonds. The first kappa shape index (κ1) is 41.8. The number of hydrogen-bond donors (Lipinski definition) is 9. The SMILES string of the molecule is C/C=C/CC[C@](C)(O)[C@H]1CC[C@]2(C)[C@@H]1[C@H](O)C[C@@H]1[C@@]3(C)CC[C@H](O)C(C)(C)[C@@H]3[C@@H](O[C@@H]3O[C@H](CO)[C@@H](O)[C@H](O)[C@H]3O[C@@H]3OC[C@@H](O)[C@H](O)[C@H]3O)C[C@]12C. The summed E-state index contributed by atoms with van der Waals surface area (Å²) >= 11 is 0. The zero-order valence-electron chi connectivity index (χ0n) is 32.6. The van der Waals surface area contributed by atoms with E-state index in [1.807, 2.05) is 33.8 Å². The fraction of sp³-hybridized carbons (Fsp3) is 0.950. The Bertz CT molecular complexity index is 1310. The molecule has 4 aliphatic carbocycles. The Hall–Kier alpha value is -0.780. The topological polar surface area (TPSA) is 219 Å². The third-order valence-electron chi connectivity index (χ3n) is 16.0. The summed E-state index contributed by atoms with van der Waals surface area (Å²) in [5, 5.41) is 99.4. The molecule has 0 unspecified atom stereocenters. The van der Waals surface area contributed by atoms with Crippen molar-refractivity contribution in [3.05, 3.63) is 12.2 Å². The van der Waals surface area contributed by atoms with Gasteiger partial charge in [-0.05, 0) is 111 Å². The van der Waals surface area contributed by atoms with E-state index in [4.69, 9.17) is 18.9 Å². The summed E-state index contributed by atoms with van der Waals surface area (Å²) in [6.45, 7) is 13.8. The fourth-order valence-corrected chi connectivity index (χ4v) is 13.0. The minimum Gasteiger partial charge on any atom is -0.394 e. The van der Waals surface area contributed by atoms with Crippen LogP contribution in [0, 0.1) is 45.3 Å². The molecule has 6 aliphatic rings. The second-order valence-corrected chi connectivity index (χ2v) is 19.1. The lowest BCUT2D eigenvalue weighted by atomic mass is 9.34. The number of rotatable bonds is 9. The van der Waals surface area contributed by atoms with Crippen molar-refractivity contribution in [1.29, 1.82) is 0 Å². The molecule has 306 valence electrons. The predicted octanol–water partition coefficient (Wildman–Crippen LogP) is 1.37. The van der Waals surface area contributed by atoms with Gasteiger partial charge in [-0.15, -0.1) is 0 Å². The molecule has 20 atom stereocenters. The smallest absolute Gasteiger partial charge is 0.187 e. The van der Waals surface area contributed by atoms with Crippen molar-refractivity contribution in [2.45, 2.75) is 179 Å². The molecular formula is C40H68O13. The highest BCUT2D eigenvalue weighted by molar-refractivity contribution is 5.22. The first-order chi connectivity index (χ1) is 24.7. The third kappa shape index (κ3) is 6.69. The summed E-state index contributed by atoms with van der Waals surface area (Å²) in [6, 6.07) is 0. The molecule has 4 saturated carbocycles. The van der Waals surface area contributed by atoms with Crippen LogP contribution in [-0.4, -0.2) is 138 Å². The van der Waals surface area contributed by atoms with Gasteiger partial charge in [-0.25, -0.2) is 0 Å². The van der Waals surface area contributed by atoms with E-state index in [0.717, 1.165) is 19.3 Å². The first-order valence-corrected chi connectivity index (χ1v) is 20.0. The number of hydrogen-bond acceptors (Lipinski definition) is 13. The molecule has 53 heavy (non-hydrogen) atoms. The minimum absolute atomic E-state index is 0.0465. The van der Waals surface area contributed by atoms with Crippen LogP contribution in [0.15, 0.2) is 12.2 Å². The Labute approximate surface area is 314 Å². The molecule has 9 N–H and O–H groups in total. The molecule has 2 heterocycles. The van der Waals surface area contributed by atoms with Gasteiger partial charge in [-0.3, -0.25) is 0 Å². The lowest BCUT2D eigenvalue weighted by Gasteiger charge is -2.72. The molecule has 0 aromatic rings. The number of aliphatic hydroxyl groups excluding tert-OH is 8. The normalized spacial score (nSPS) is 53.8. The summed E-state index contributed by atoms with van der Waals surface area (Å²) < 4.78 is 24.8. The van der Waals surface area contributed by atoms with Gasteiger partial charge in [-0.2, -0.15) is 0 Å². The van der Waals surface area contributed by atoms with Crippen LogP contribution in [0.5, 0.6) is 0 Å². The van der Waals surface area contributed by atoms with E-state index >= 15 is 0 Å². The summed E-state index contributed by atoms with van der Waals surface area (Å²) in [4.78, 5) is 0. The van der Waals surface area contributed by atoms with Gasteiger partial charge >= 0.3 is 0 Å². The lowest BCUT2D eigenvalue weighted by Crippen LogP contribution is -2.71. The Morgan fingerprint density at radius 3 is 2.19 bits per heavy atom. The van der Waals surface area contributed by atoms with Gasteiger partial charge in [0.05, 0.1) is 37.1 Å². The number of allylic oxidation sites excluding steroid dienone is 2. The maximum absolute atomic E-state index is 12.2. The quantitative estimate of drug-likeness (QED) is 0.120. The molecule has 0 aromatic carbocycles. The van der Waals surface area contributed by atoms with E-state index in [1.165, 1.54) is 0 Å². The summed E-state index contributed by atoms with van der Waals surface area (Å²) in [7, 11) is 0. The summed E-state index contributed by atoms with van der Waals surface area (Å²) in [5.74, 6) is -0.501. The average Bonchev–Trinajstić information content (AvgIpc) is 3.48. The van der Waals surface area contributed by atoms with E-state index in [2.05, 4.69) is 26.8 Å². The van der Waals surface area contributed by atoms with Crippen LogP contribution in [0.1, 0.15) is 99.8 Å². The van der Waals surface area contributed by atoms with Crippen molar-refractivity contribution in [3.8, 4) is 0 Å². The second kappa shape index (κ2) is 14.9.